The first-order valence-electron chi connectivity index (χ1n) is 9.77. The number of thiophene rings is 1. The van der Waals surface area contributed by atoms with Crippen molar-refractivity contribution in [2.24, 2.45) is 12.0 Å². The summed E-state index contributed by atoms with van der Waals surface area (Å²) in [7, 11) is 1.48. The minimum atomic E-state index is -4.49. The smallest absolute Gasteiger partial charge is 0.357 e. The second kappa shape index (κ2) is 9.62. The van der Waals surface area contributed by atoms with Crippen molar-refractivity contribution in [2.75, 3.05) is 26.2 Å². The molecular weight excluding hydrogens is 401 g/mol. The third kappa shape index (κ3) is 5.72. The van der Waals surface area contributed by atoms with Crippen LogP contribution in [0.15, 0.2) is 28.7 Å². The van der Waals surface area contributed by atoms with Gasteiger partial charge in [0.1, 0.15) is 0 Å². The number of hydrogen-bond acceptors (Lipinski definition) is 4. The second-order valence-electron chi connectivity index (χ2n) is 7.02. The topological polar surface area (TPSA) is 57.5 Å². The van der Waals surface area contributed by atoms with Crippen molar-refractivity contribution in [3.63, 3.8) is 0 Å². The maximum Gasteiger partial charge on any atom is 0.435 e. The molecule has 160 valence electrons. The molecule has 1 aliphatic rings. The van der Waals surface area contributed by atoms with Crippen LogP contribution in [0.4, 0.5) is 13.2 Å². The highest BCUT2D eigenvalue weighted by Crippen LogP contribution is 2.31. The van der Waals surface area contributed by atoms with Crippen LogP contribution < -0.4 is 10.6 Å². The number of aromatic nitrogens is 2. The van der Waals surface area contributed by atoms with Gasteiger partial charge in [0.25, 0.3) is 0 Å². The van der Waals surface area contributed by atoms with E-state index in [2.05, 4.69) is 37.1 Å². The maximum atomic E-state index is 13.2. The molecule has 1 fully saturated rings. The fourth-order valence-electron chi connectivity index (χ4n) is 3.54. The number of rotatable bonds is 7. The van der Waals surface area contributed by atoms with Crippen LogP contribution in [0, 0.1) is 0 Å². The molecule has 0 aromatic carbocycles. The highest BCUT2D eigenvalue weighted by atomic mass is 32.1. The number of halogens is 3. The lowest BCUT2D eigenvalue weighted by atomic mass is 10.2. The van der Waals surface area contributed by atoms with E-state index in [1.807, 2.05) is 13.0 Å². The van der Waals surface area contributed by atoms with Gasteiger partial charge in [-0.3, -0.25) is 9.58 Å². The van der Waals surface area contributed by atoms with Crippen LogP contribution in [-0.2, 0) is 19.8 Å². The lowest BCUT2D eigenvalue weighted by molar-refractivity contribution is -0.142. The van der Waals surface area contributed by atoms with E-state index in [4.69, 9.17) is 0 Å². The Morgan fingerprint density at radius 2 is 2.07 bits per heavy atom. The number of guanidine groups is 1. The van der Waals surface area contributed by atoms with Gasteiger partial charge >= 0.3 is 6.18 Å². The summed E-state index contributed by atoms with van der Waals surface area (Å²) in [4.78, 5) is 8.11. The van der Waals surface area contributed by atoms with Crippen LogP contribution in [0.5, 0.6) is 0 Å². The minimum Gasteiger partial charge on any atom is -0.357 e. The molecule has 1 unspecified atom stereocenters. The predicted molar refractivity (Wildman–Crippen MR) is 109 cm³/mol. The molecule has 0 bridgehead atoms. The number of hydrogen-bond donors (Lipinski definition) is 2. The Labute approximate surface area is 172 Å². The zero-order valence-corrected chi connectivity index (χ0v) is 17.5. The third-order valence-electron chi connectivity index (χ3n) is 4.84. The molecule has 3 heterocycles. The quantitative estimate of drug-likeness (QED) is 0.524. The van der Waals surface area contributed by atoms with E-state index in [-0.39, 0.29) is 18.2 Å². The van der Waals surface area contributed by atoms with Gasteiger partial charge in [0.2, 0.25) is 0 Å². The molecule has 6 nitrogen and oxygen atoms in total. The third-order valence-corrected chi connectivity index (χ3v) is 5.81. The molecule has 2 aromatic heterocycles. The molecule has 0 amide bonds. The first-order valence-corrected chi connectivity index (χ1v) is 10.7. The molecule has 1 aliphatic heterocycles. The van der Waals surface area contributed by atoms with Crippen LogP contribution in [0.2, 0.25) is 0 Å². The van der Waals surface area contributed by atoms with E-state index < -0.39 is 11.9 Å². The lowest BCUT2D eigenvalue weighted by Gasteiger charge is -2.27. The average molecular weight is 429 g/mol. The Hall–Kier alpha value is -2.07. The first-order chi connectivity index (χ1) is 13.9. The van der Waals surface area contributed by atoms with Crippen LogP contribution >= 0.6 is 11.3 Å². The van der Waals surface area contributed by atoms with Gasteiger partial charge in [-0.15, -0.1) is 11.3 Å². The van der Waals surface area contributed by atoms with E-state index in [1.54, 1.807) is 11.3 Å². The zero-order valence-electron chi connectivity index (χ0n) is 16.7. The predicted octanol–water partition coefficient (Wildman–Crippen LogP) is 3.39. The molecule has 2 aromatic rings. The second-order valence-corrected chi connectivity index (χ2v) is 8.00. The first kappa shape index (κ1) is 21.6. The number of nitrogens with one attached hydrogen (secondary N) is 2. The van der Waals surface area contributed by atoms with Gasteiger partial charge in [-0.2, -0.15) is 18.3 Å². The Kier molecular flexibility index (Phi) is 7.18. The zero-order chi connectivity index (χ0) is 20.9. The summed E-state index contributed by atoms with van der Waals surface area (Å²) in [6.07, 6.45) is -0.735. The summed E-state index contributed by atoms with van der Waals surface area (Å²) in [5, 5.41) is 12.1. The van der Waals surface area contributed by atoms with Gasteiger partial charge < -0.3 is 10.6 Å². The van der Waals surface area contributed by atoms with Crippen molar-refractivity contribution < 1.29 is 13.2 Å². The largest absolute Gasteiger partial charge is 0.435 e. The van der Waals surface area contributed by atoms with Crippen LogP contribution in [0.1, 0.15) is 41.9 Å². The van der Waals surface area contributed by atoms with Gasteiger partial charge in [-0.05, 0) is 44.3 Å². The number of likely N-dealkylation sites (tertiary alicyclic amines) is 1. The molecule has 0 spiro atoms. The Morgan fingerprint density at radius 3 is 2.69 bits per heavy atom. The van der Waals surface area contributed by atoms with E-state index in [0.717, 1.165) is 13.1 Å². The van der Waals surface area contributed by atoms with Gasteiger partial charge in [0, 0.05) is 36.8 Å². The van der Waals surface area contributed by atoms with E-state index in [0.29, 0.717) is 19.0 Å². The normalized spacial score (nSPS) is 16.9. The molecule has 0 saturated carbocycles. The molecule has 1 saturated heterocycles. The highest BCUT2D eigenvalue weighted by molar-refractivity contribution is 7.10. The van der Waals surface area contributed by atoms with Crippen LogP contribution in [0.3, 0.4) is 0 Å². The molecule has 0 aliphatic carbocycles. The van der Waals surface area contributed by atoms with Crippen molar-refractivity contribution in [3.05, 3.63) is 39.8 Å². The maximum absolute atomic E-state index is 13.2. The van der Waals surface area contributed by atoms with Crippen molar-refractivity contribution in [3.8, 4) is 0 Å². The summed E-state index contributed by atoms with van der Waals surface area (Å²) < 4.78 is 40.6. The van der Waals surface area contributed by atoms with Crippen molar-refractivity contribution in [1.29, 1.82) is 0 Å². The molecule has 10 heteroatoms. The van der Waals surface area contributed by atoms with E-state index in [9.17, 15) is 13.2 Å². The highest BCUT2D eigenvalue weighted by Gasteiger charge is 2.36. The molecule has 3 rings (SSSR count). The fraction of sp³-hybridized carbons (Fsp3) is 0.579. The number of alkyl halides is 3. The molecule has 0 radical (unpaired) electrons. The molecular formula is C19H27F3N6S. The van der Waals surface area contributed by atoms with Crippen LogP contribution in [-0.4, -0.2) is 46.8 Å². The SMILES string of the molecule is CCNC(=NCc1cn(C)nc1C(F)(F)F)NCC(c1cccs1)N1CCCC1. The summed E-state index contributed by atoms with van der Waals surface area (Å²) in [5.41, 5.74) is -0.820. The molecule has 1 atom stereocenters. The van der Waals surface area contributed by atoms with Gasteiger partial charge in [0.15, 0.2) is 11.7 Å². The molecule has 29 heavy (non-hydrogen) atoms. The Bertz CT molecular complexity index is 793. The van der Waals surface area contributed by atoms with Crippen molar-refractivity contribution >= 4 is 17.3 Å². The summed E-state index contributed by atoms with van der Waals surface area (Å²) in [6, 6.07) is 4.40. The number of aliphatic imine (C=N–C) groups is 1. The Balaban J connectivity index is 1.71. The van der Waals surface area contributed by atoms with E-state index in [1.165, 1.54) is 35.6 Å². The average Bonchev–Trinajstić information content (AvgIpc) is 3.41. The monoisotopic (exact) mass is 428 g/mol. The summed E-state index contributed by atoms with van der Waals surface area (Å²) in [6.45, 7) is 5.22. The van der Waals surface area contributed by atoms with Gasteiger partial charge in [-0.25, -0.2) is 4.99 Å². The van der Waals surface area contributed by atoms with Gasteiger partial charge in [0.05, 0.1) is 12.6 Å². The summed E-state index contributed by atoms with van der Waals surface area (Å²) in [5.74, 6) is 0.505. The minimum absolute atomic E-state index is 0.0616. The molecule has 2 N–H and O–H groups in total. The summed E-state index contributed by atoms with van der Waals surface area (Å²) >= 11 is 1.72. The Morgan fingerprint density at radius 1 is 1.31 bits per heavy atom. The van der Waals surface area contributed by atoms with Gasteiger partial charge in [-0.1, -0.05) is 6.07 Å². The fourth-order valence-corrected chi connectivity index (χ4v) is 4.40. The van der Waals surface area contributed by atoms with Crippen LogP contribution in [0.25, 0.3) is 0 Å². The standard InChI is InChI=1S/C19H27F3N6S/c1-3-23-18(24-11-14-13-27(2)26-17(14)19(20,21)22)25-12-15(16-7-6-10-29-16)28-8-4-5-9-28/h6-7,10,13,15H,3-5,8-9,11-12H2,1-2H3,(H2,23,24,25). The van der Waals surface area contributed by atoms with Crippen molar-refractivity contribution in [1.82, 2.24) is 25.3 Å². The number of aryl methyl sites for hydroxylation is 1. The number of nitrogens with zero attached hydrogens (tertiary/aromatic N) is 4. The van der Waals surface area contributed by atoms with E-state index >= 15 is 0 Å². The van der Waals surface area contributed by atoms with Crippen molar-refractivity contribution in [2.45, 2.75) is 38.5 Å². The lowest BCUT2D eigenvalue weighted by Crippen LogP contribution is -2.42.